The van der Waals surface area contributed by atoms with E-state index in [-0.39, 0.29) is 47.9 Å². The molecule has 0 saturated carbocycles. The number of amides is 1. The number of nitrogens with two attached hydrogens (primary N) is 2. The van der Waals surface area contributed by atoms with Crippen molar-refractivity contribution in [3.63, 3.8) is 0 Å². The number of hydrogen-bond donors (Lipinski definition) is 8. The van der Waals surface area contributed by atoms with Crippen LogP contribution < -0.4 is 52.3 Å². The molecule has 1 aliphatic rings. The molecular formula is C103H117ClIN13O10. The van der Waals surface area contributed by atoms with E-state index in [1.165, 1.54) is 42.4 Å². The van der Waals surface area contributed by atoms with Crippen molar-refractivity contribution in [1.29, 1.82) is 0 Å². The molecule has 0 saturated heterocycles. The molecule has 0 spiro atoms. The second kappa shape index (κ2) is 57.9. The molecule has 10 N–H and O–H groups in total. The Hall–Kier alpha value is -13.6. The standard InChI is InChI=1S/C25H29N3O2.C25H27N3O.C14H14N2O2.C13H21NO.C12H10N2O2.C9H9IO2.C5H6N2.ClH/c1-3-4-8-22(16-19-7-5-10-24(17-19)30-2)28-25(29)20-11-13-21(14-12-20)27-23-9-6-15-26-18-23;1-3-4-6-21-15-19-16-23(29-2)12-13-24(19)25(28-21)18-8-10-20(11-9-18)27-22-7-5-14-26-17-22;1-2-18-14(17)11-5-7-12(8-6-11)16-13-4-3-9-15-10-13;1-3-4-7-12(14)9-11-6-5-8-13(10-11)15-2;15-12(16)9-3-5-10(6-4-9)14-11-2-1-7-13-8-11;1-2-12-9(11)7-3-5-8(10)6-4-7;6-5-2-1-3-7-4-5;/h5-7,9-15,17-18,22,27H,3-4,8,16H2,1-2H3,(H,28,29);5,7-14,16-17,21,27H,3-4,6,15H2,1-2H3;3-10,16H,2H2,1H3;5-6,8,10,12H,3-4,7,9,14H2,1-2H3;1-8,14H,(H,15,16);3-6H,2H2,1H3;1-4H,6H2;1H/t22-;21-;;12-;;;;/m00.0..../s1. The molecular weight excluding hydrogens is 1740 g/mol. The lowest BCUT2D eigenvalue weighted by Crippen LogP contribution is -2.36. The van der Waals surface area contributed by atoms with E-state index < -0.39 is 5.97 Å². The molecule has 25 heteroatoms. The zero-order valence-corrected chi connectivity index (χ0v) is 76.8. The van der Waals surface area contributed by atoms with E-state index in [0.29, 0.717) is 41.6 Å². The number of carboxylic acid groups (broad SMARTS) is 1. The van der Waals surface area contributed by atoms with Crippen LogP contribution in [0.4, 0.5) is 51.2 Å². The van der Waals surface area contributed by atoms with Gasteiger partial charge in [0.15, 0.2) is 0 Å². The highest BCUT2D eigenvalue weighted by Crippen LogP contribution is 2.31. The first-order valence-corrected chi connectivity index (χ1v) is 43.6. The van der Waals surface area contributed by atoms with Crippen LogP contribution in [-0.4, -0.2) is 112 Å². The number of aliphatic imine (C=N–C) groups is 1. The molecule has 5 aromatic heterocycles. The first-order valence-electron chi connectivity index (χ1n) is 42.5. The molecule has 0 bridgehead atoms. The second-order valence-corrected chi connectivity index (χ2v) is 30.4. The van der Waals surface area contributed by atoms with Crippen molar-refractivity contribution in [3.8, 4) is 17.2 Å². The van der Waals surface area contributed by atoms with E-state index in [1.807, 2.05) is 140 Å². The molecule has 128 heavy (non-hydrogen) atoms. The number of aromatic nitrogens is 5. The zero-order valence-electron chi connectivity index (χ0n) is 73.8. The summed E-state index contributed by atoms with van der Waals surface area (Å²) in [7, 11) is 5.08. The van der Waals surface area contributed by atoms with E-state index in [9.17, 15) is 19.2 Å². The van der Waals surface area contributed by atoms with Gasteiger partial charge in [-0.15, -0.1) is 12.4 Å². The Bertz CT molecular complexity index is 5380. The third kappa shape index (κ3) is 37.3. The molecule has 13 aromatic rings. The first-order chi connectivity index (χ1) is 61.9. The number of aromatic carboxylic acids is 1. The van der Waals surface area contributed by atoms with Gasteiger partial charge in [-0.2, -0.15) is 0 Å². The highest BCUT2D eigenvalue weighted by molar-refractivity contribution is 14.1. The number of nitrogens with one attached hydrogen (secondary N) is 5. The summed E-state index contributed by atoms with van der Waals surface area (Å²) in [5.41, 5.74) is 28.7. The highest BCUT2D eigenvalue weighted by atomic mass is 127. The van der Waals surface area contributed by atoms with Crippen LogP contribution in [0.25, 0.3) is 0 Å². The number of carbonyl (C=O) groups is 4. The van der Waals surface area contributed by atoms with Crippen LogP contribution in [0.3, 0.4) is 0 Å². The Balaban J connectivity index is 0.000000212. The number of pyridine rings is 5. The number of carbonyl (C=O) groups excluding carboxylic acids is 3. The second-order valence-electron chi connectivity index (χ2n) is 29.1. The van der Waals surface area contributed by atoms with Gasteiger partial charge in [0.05, 0.1) is 116 Å². The lowest BCUT2D eigenvalue weighted by Gasteiger charge is -2.24. The van der Waals surface area contributed by atoms with E-state index >= 15 is 0 Å². The molecule has 0 fully saturated rings. The number of nitrogens with zero attached hydrogens (tertiary/aromatic N) is 6. The molecule has 668 valence electrons. The fraction of sp³-hybridized carbons (Fsp3) is 0.243. The van der Waals surface area contributed by atoms with Crippen molar-refractivity contribution in [2.45, 2.75) is 130 Å². The Morgan fingerprint density at radius 1 is 0.445 bits per heavy atom. The van der Waals surface area contributed by atoms with Gasteiger partial charge in [-0.3, -0.25) is 34.7 Å². The number of benzene rings is 8. The van der Waals surface area contributed by atoms with Gasteiger partial charge in [0.25, 0.3) is 5.91 Å². The van der Waals surface area contributed by atoms with Crippen LogP contribution in [0.15, 0.2) is 316 Å². The number of unbranched alkanes of at least 4 members (excludes halogenated alkanes) is 3. The fourth-order valence-corrected chi connectivity index (χ4v) is 13.1. The summed E-state index contributed by atoms with van der Waals surface area (Å²) >= 11 is 2.19. The lowest BCUT2D eigenvalue weighted by molar-refractivity contribution is 0.0516. The summed E-state index contributed by atoms with van der Waals surface area (Å²) < 4.78 is 26.8. The van der Waals surface area contributed by atoms with Crippen LogP contribution in [0, 0.1) is 3.57 Å². The van der Waals surface area contributed by atoms with Crippen molar-refractivity contribution < 1.29 is 48.0 Å². The summed E-state index contributed by atoms with van der Waals surface area (Å²) in [4.78, 5) is 71.2. The van der Waals surface area contributed by atoms with Gasteiger partial charge >= 0.3 is 17.9 Å². The van der Waals surface area contributed by atoms with E-state index in [2.05, 4.69) is 149 Å². The largest absolute Gasteiger partial charge is 0.497 e. The monoisotopic (exact) mass is 1860 g/mol. The number of rotatable bonds is 32. The molecule has 14 rings (SSSR count). The lowest BCUT2D eigenvalue weighted by atomic mass is 9.88. The predicted molar refractivity (Wildman–Crippen MR) is 527 cm³/mol. The Morgan fingerprint density at radius 3 is 1.25 bits per heavy atom. The van der Waals surface area contributed by atoms with Gasteiger partial charge in [0.1, 0.15) is 17.2 Å². The number of fused-ring (bicyclic) bond motifs is 1. The number of hydrogen-bond acceptors (Lipinski definition) is 21. The number of nitrogen functional groups attached to an aromatic ring is 1. The minimum atomic E-state index is -0.923. The quantitative estimate of drug-likeness (QED) is 0.0143. The maximum atomic E-state index is 12.8. The maximum absolute atomic E-state index is 12.8. The molecule has 0 unspecified atom stereocenters. The van der Waals surface area contributed by atoms with Gasteiger partial charge in [-0.1, -0.05) is 95.7 Å². The number of methoxy groups -OCH3 is 3. The van der Waals surface area contributed by atoms with Crippen LogP contribution in [0.2, 0.25) is 0 Å². The summed E-state index contributed by atoms with van der Waals surface area (Å²) in [5, 5.41) is 24.9. The SMILES string of the molecule is CCCC[C@@H](Cc1cccc(OC)c1)NC(=O)c1ccc(Nc2cccnc2)cc1.CCCC[C@H](N)Cc1cccc(OC)c1.CCCC[C@H]1Cc2cc(OC)ccc2C(c2ccc(Nc3cccnc3)cc2)=N1.CCOC(=O)c1ccc(I)cc1.CCOC(=O)c1ccc(Nc2cccnc2)cc1.Cl.Nc1cccnc1.O=C(O)c1ccc(Nc2cccnc2)cc1. The summed E-state index contributed by atoms with van der Waals surface area (Å²) in [6.45, 7) is 11.0. The van der Waals surface area contributed by atoms with Gasteiger partial charge in [0.2, 0.25) is 0 Å². The summed E-state index contributed by atoms with van der Waals surface area (Å²) in [5.74, 6) is 1.13. The first kappa shape index (κ1) is 102. The Morgan fingerprint density at radius 2 is 0.852 bits per heavy atom. The molecule has 0 radical (unpaired) electrons. The van der Waals surface area contributed by atoms with Gasteiger partial charge in [0, 0.05) is 92.3 Å². The third-order valence-corrected chi connectivity index (χ3v) is 20.0. The van der Waals surface area contributed by atoms with Crippen LogP contribution in [0.5, 0.6) is 17.2 Å². The smallest absolute Gasteiger partial charge is 0.338 e. The number of halogens is 2. The highest BCUT2D eigenvalue weighted by Gasteiger charge is 2.23. The zero-order chi connectivity index (χ0) is 90.6. The average molecular weight is 1860 g/mol. The van der Waals surface area contributed by atoms with Crippen LogP contribution in [0.1, 0.15) is 162 Å². The molecule has 3 atom stereocenters. The van der Waals surface area contributed by atoms with Crippen LogP contribution in [-0.2, 0) is 28.7 Å². The number of anilines is 9. The molecule has 23 nitrogen and oxygen atoms in total. The average Bonchev–Trinajstić information content (AvgIpc) is 0.782. The van der Waals surface area contributed by atoms with Crippen molar-refractivity contribution in [2.75, 3.05) is 61.5 Å². The van der Waals surface area contributed by atoms with Crippen molar-refractivity contribution in [1.82, 2.24) is 30.2 Å². The molecule has 0 aliphatic carbocycles. The normalized spacial score (nSPS) is 11.6. The molecule has 6 heterocycles. The van der Waals surface area contributed by atoms with Crippen molar-refractivity contribution in [2.24, 2.45) is 10.7 Å². The summed E-state index contributed by atoms with van der Waals surface area (Å²) in [6, 6.07) is 79.0. The Kier molecular flexibility index (Phi) is 45.9. The van der Waals surface area contributed by atoms with Gasteiger partial charge in [-0.05, 0) is 304 Å². The molecule has 8 aromatic carbocycles. The van der Waals surface area contributed by atoms with Crippen molar-refractivity contribution >= 4 is 116 Å². The maximum Gasteiger partial charge on any atom is 0.338 e. The topological polar surface area (TPSA) is 324 Å². The minimum absolute atomic E-state index is 0. The Labute approximate surface area is 772 Å². The third-order valence-electron chi connectivity index (χ3n) is 19.3. The van der Waals surface area contributed by atoms with Crippen molar-refractivity contribution in [3.05, 3.63) is 364 Å². The summed E-state index contributed by atoms with van der Waals surface area (Å²) in [6.07, 6.45) is 30.1. The van der Waals surface area contributed by atoms with Gasteiger partial charge in [-0.25, -0.2) is 14.4 Å². The van der Waals surface area contributed by atoms with E-state index in [0.717, 1.165) is 135 Å². The number of ether oxygens (including phenoxy) is 5. The number of carboxylic acids is 1. The molecule has 1 aliphatic heterocycles. The van der Waals surface area contributed by atoms with Gasteiger partial charge < -0.3 is 66.8 Å². The fourth-order valence-electron chi connectivity index (χ4n) is 12.8. The number of esters is 2. The minimum Gasteiger partial charge on any atom is -0.497 e. The van der Waals surface area contributed by atoms with E-state index in [1.54, 1.807) is 152 Å². The predicted octanol–water partition coefficient (Wildman–Crippen LogP) is 23.0. The van der Waals surface area contributed by atoms with E-state index in [4.69, 9.17) is 45.3 Å². The van der Waals surface area contributed by atoms with Crippen LogP contribution >= 0.6 is 35.0 Å². The molecule has 1 amide bonds.